The molecule has 236 valence electrons. The van der Waals surface area contributed by atoms with Crippen LogP contribution in [0.2, 0.25) is 0 Å². The second kappa shape index (κ2) is 13.7. The molecule has 0 spiro atoms. The van der Waals surface area contributed by atoms with Gasteiger partial charge in [0.15, 0.2) is 6.04 Å². The molecule has 0 aliphatic heterocycles. The molecule has 1 unspecified atom stereocenters. The predicted octanol–water partition coefficient (Wildman–Crippen LogP) is 3.71. The number of likely N-dealkylation sites (N-methyl/N-ethyl adjacent to an activating group) is 1. The number of carboxylic acid groups (broad SMARTS) is 1. The van der Waals surface area contributed by atoms with Gasteiger partial charge in [-0.15, -0.1) is 0 Å². The first kappa shape index (κ1) is 32.8. The molecule has 0 aliphatic rings. The van der Waals surface area contributed by atoms with Gasteiger partial charge in [-0.1, -0.05) is 18.2 Å². The molecule has 0 saturated heterocycles. The molecule has 14 heteroatoms. The number of aromatic nitrogens is 4. The SMILES string of the molecule is CN(C)CC(C(=O)O)n1nc(Cc2nc3cc(OCC(F)F)c(C#N)cc3n2COCCS(C)(C)C)c2ccccc2c1=O. The third-order valence-electron chi connectivity index (χ3n) is 6.82. The number of carbonyl (C=O) groups is 1. The Balaban J connectivity index is 1.86. The highest BCUT2D eigenvalue weighted by Crippen LogP contribution is 2.34. The lowest BCUT2D eigenvalue weighted by atomic mass is 10.1. The van der Waals surface area contributed by atoms with Crippen molar-refractivity contribution in [1.29, 1.82) is 5.26 Å². The number of carboxylic acids is 1. The molecular weight excluding hydrogens is 594 g/mol. The van der Waals surface area contributed by atoms with Crippen LogP contribution >= 0.6 is 10.0 Å². The normalized spacial score (nSPS) is 13.1. The van der Waals surface area contributed by atoms with Crippen molar-refractivity contribution in [1.82, 2.24) is 24.2 Å². The van der Waals surface area contributed by atoms with Gasteiger partial charge in [0.1, 0.15) is 31.0 Å². The van der Waals surface area contributed by atoms with Crippen LogP contribution in [0.25, 0.3) is 21.8 Å². The summed E-state index contributed by atoms with van der Waals surface area (Å²) in [6.07, 6.45) is 3.90. The summed E-state index contributed by atoms with van der Waals surface area (Å²) >= 11 is 0. The van der Waals surface area contributed by atoms with Crippen molar-refractivity contribution in [3.8, 4) is 11.8 Å². The predicted molar refractivity (Wildman–Crippen MR) is 166 cm³/mol. The van der Waals surface area contributed by atoms with E-state index in [1.54, 1.807) is 47.8 Å². The number of rotatable bonds is 14. The van der Waals surface area contributed by atoms with Crippen LogP contribution in [0.5, 0.6) is 5.75 Å². The fraction of sp³-hybridized carbons (Fsp3) is 0.433. The molecule has 0 saturated carbocycles. The highest BCUT2D eigenvalue weighted by atomic mass is 32.3. The molecule has 0 amide bonds. The summed E-state index contributed by atoms with van der Waals surface area (Å²) in [6.45, 7) is -0.267. The minimum absolute atomic E-state index is 0.0149. The van der Waals surface area contributed by atoms with Crippen LogP contribution in [0.4, 0.5) is 8.78 Å². The molecule has 0 aliphatic carbocycles. The highest BCUT2D eigenvalue weighted by molar-refractivity contribution is 8.32. The number of benzene rings is 2. The van der Waals surface area contributed by atoms with Crippen molar-refractivity contribution in [3.63, 3.8) is 0 Å². The number of imidazole rings is 1. The van der Waals surface area contributed by atoms with Crippen LogP contribution < -0.4 is 10.3 Å². The molecule has 0 fully saturated rings. The van der Waals surface area contributed by atoms with Crippen LogP contribution in [0.1, 0.15) is 23.1 Å². The van der Waals surface area contributed by atoms with Gasteiger partial charge in [0, 0.05) is 23.8 Å². The van der Waals surface area contributed by atoms with Crippen molar-refractivity contribution in [2.45, 2.75) is 25.6 Å². The summed E-state index contributed by atoms with van der Waals surface area (Å²) in [7, 11) is 2.60. The van der Waals surface area contributed by atoms with Crippen molar-refractivity contribution < 1.29 is 28.2 Å². The Morgan fingerprint density at radius 3 is 2.50 bits per heavy atom. The number of hydrogen-bond acceptors (Lipinski definition) is 8. The lowest BCUT2D eigenvalue weighted by Crippen LogP contribution is -2.38. The molecule has 44 heavy (non-hydrogen) atoms. The Bertz CT molecular complexity index is 1760. The maximum atomic E-state index is 13.4. The number of nitriles is 1. The van der Waals surface area contributed by atoms with Crippen LogP contribution in [-0.2, 0) is 22.7 Å². The van der Waals surface area contributed by atoms with E-state index in [2.05, 4.69) is 23.9 Å². The van der Waals surface area contributed by atoms with Gasteiger partial charge in [-0.3, -0.25) is 4.79 Å². The molecule has 1 N–H and O–H groups in total. The molecule has 1 atom stereocenters. The molecule has 2 aromatic heterocycles. The summed E-state index contributed by atoms with van der Waals surface area (Å²) in [5.74, 6) is 0.111. The molecule has 0 radical (unpaired) electrons. The Labute approximate surface area is 254 Å². The van der Waals surface area contributed by atoms with E-state index >= 15 is 0 Å². The average molecular weight is 631 g/mol. The summed E-state index contributed by atoms with van der Waals surface area (Å²) in [5, 5.41) is 25.1. The van der Waals surface area contributed by atoms with Crippen LogP contribution in [0.3, 0.4) is 0 Å². The lowest BCUT2D eigenvalue weighted by Gasteiger charge is -2.24. The topological polar surface area (TPSA) is 136 Å². The van der Waals surface area contributed by atoms with Crippen LogP contribution in [-0.4, -0.2) is 100 Å². The Morgan fingerprint density at radius 2 is 1.89 bits per heavy atom. The smallest absolute Gasteiger partial charge is 0.330 e. The van der Waals surface area contributed by atoms with Crippen molar-refractivity contribution in [2.24, 2.45) is 0 Å². The van der Waals surface area contributed by atoms with Gasteiger partial charge in [0.2, 0.25) is 0 Å². The van der Waals surface area contributed by atoms with E-state index < -0.39 is 40.6 Å². The summed E-state index contributed by atoms with van der Waals surface area (Å²) in [6, 6.07) is 10.6. The second-order valence-electron chi connectivity index (χ2n) is 11.5. The largest absolute Gasteiger partial charge is 0.486 e. The maximum Gasteiger partial charge on any atom is 0.330 e. The zero-order chi connectivity index (χ0) is 32.2. The molecular formula is C30H36F2N6O5S. The maximum absolute atomic E-state index is 13.4. The van der Waals surface area contributed by atoms with Gasteiger partial charge in [-0.2, -0.15) is 10.4 Å². The van der Waals surface area contributed by atoms with Gasteiger partial charge in [0.25, 0.3) is 12.0 Å². The number of alkyl halides is 2. The minimum atomic E-state index is -2.72. The fourth-order valence-corrected chi connectivity index (χ4v) is 5.29. The average Bonchev–Trinajstić information content (AvgIpc) is 3.28. The molecule has 2 heterocycles. The number of halogens is 2. The zero-order valence-corrected chi connectivity index (χ0v) is 26.1. The number of aliphatic carboxylic acids is 1. The summed E-state index contributed by atoms with van der Waals surface area (Å²) in [5.41, 5.74) is 0.866. The fourth-order valence-electron chi connectivity index (χ4n) is 4.68. The first-order valence-corrected chi connectivity index (χ1v) is 16.8. The van der Waals surface area contributed by atoms with E-state index in [1.165, 1.54) is 12.1 Å². The number of fused-ring (bicyclic) bond motifs is 2. The first-order valence-electron chi connectivity index (χ1n) is 13.7. The molecule has 11 nitrogen and oxygen atoms in total. The van der Waals surface area contributed by atoms with Crippen LogP contribution in [0, 0.1) is 11.3 Å². The quantitative estimate of drug-likeness (QED) is 0.207. The van der Waals surface area contributed by atoms with E-state index in [1.807, 2.05) is 6.07 Å². The monoisotopic (exact) mass is 630 g/mol. The zero-order valence-electron chi connectivity index (χ0n) is 25.3. The molecule has 2 aromatic carbocycles. The van der Waals surface area contributed by atoms with E-state index in [0.717, 1.165) is 10.4 Å². The van der Waals surface area contributed by atoms with E-state index in [-0.39, 0.29) is 31.0 Å². The second-order valence-corrected chi connectivity index (χ2v) is 16.1. The molecule has 4 rings (SSSR count). The van der Waals surface area contributed by atoms with Crippen molar-refractivity contribution >= 4 is 37.8 Å². The van der Waals surface area contributed by atoms with Gasteiger partial charge in [0.05, 0.1) is 40.7 Å². The van der Waals surface area contributed by atoms with Crippen LogP contribution in [0.15, 0.2) is 41.2 Å². The Morgan fingerprint density at radius 1 is 1.18 bits per heavy atom. The number of ether oxygens (including phenoxy) is 2. The third kappa shape index (κ3) is 7.71. The minimum Gasteiger partial charge on any atom is -0.486 e. The Kier molecular flexibility index (Phi) is 10.2. The van der Waals surface area contributed by atoms with Gasteiger partial charge < -0.3 is 24.0 Å². The third-order valence-corrected chi connectivity index (χ3v) is 8.21. The Hall–Kier alpha value is -4.06. The molecule has 0 bridgehead atoms. The van der Waals surface area contributed by atoms with E-state index in [0.29, 0.717) is 39.9 Å². The van der Waals surface area contributed by atoms with Gasteiger partial charge in [-0.25, -0.2) is 33.3 Å². The van der Waals surface area contributed by atoms with E-state index in [4.69, 9.17) is 14.5 Å². The summed E-state index contributed by atoms with van der Waals surface area (Å²) in [4.78, 5) is 32.1. The van der Waals surface area contributed by atoms with E-state index in [9.17, 15) is 28.7 Å². The standard InChI is InChI=1S/C30H36F2N6O5S/c1-36(2)16-25(30(40)41)38-29(39)21-9-7-6-8-20(21)22(35-38)14-28-34-23-13-26(43-17-27(31)32)19(15-33)12-24(23)37(28)18-42-10-11-44(3,4)5/h6-9,12-13,25,27H,10-11,14,16-18H2,1-5H3,(H,40,41). The first-order chi connectivity index (χ1) is 20.8. The number of hydrogen-bond donors (Lipinski definition) is 1. The summed E-state index contributed by atoms with van der Waals surface area (Å²) < 4.78 is 39.8. The van der Waals surface area contributed by atoms with Crippen molar-refractivity contribution in [2.75, 3.05) is 58.4 Å². The van der Waals surface area contributed by atoms with Gasteiger partial charge in [-0.05, 0) is 45.0 Å². The van der Waals surface area contributed by atoms with Gasteiger partial charge >= 0.3 is 5.97 Å². The number of nitrogens with zero attached hydrogens (tertiary/aromatic N) is 6. The lowest BCUT2D eigenvalue weighted by molar-refractivity contribution is -0.141. The van der Waals surface area contributed by atoms with Crippen molar-refractivity contribution in [3.05, 3.63) is 63.8 Å². The molecule has 4 aromatic rings. The highest BCUT2D eigenvalue weighted by Gasteiger charge is 2.26.